The van der Waals surface area contributed by atoms with Gasteiger partial charge in [0.2, 0.25) is 0 Å². The van der Waals surface area contributed by atoms with Crippen LogP contribution in [0, 0.1) is 0 Å². The summed E-state index contributed by atoms with van der Waals surface area (Å²) in [5.74, 6) is 0.832. The molecule has 4 nitrogen and oxygen atoms in total. The Morgan fingerprint density at radius 1 is 1.58 bits per heavy atom. The molecule has 106 valence electrons. The topological polar surface area (TPSA) is 56.5 Å². The molecule has 1 aliphatic rings. The van der Waals surface area contributed by atoms with Crippen molar-refractivity contribution in [3.05, 3.63) is 28.2 Å². The highest BCUT2D eigenvalue weighted by Crippen LogP contribution is 2.28. The zero-order valence-corrected chi connectivity index (χ0v) is 12.8. The van der Waals surface area contributed by atoms with Crippen LogP contribution in [0.5, 0.6) is 5.75 Å². The van der Waals surface area contributed by atoms with Crippen LogP contribution >= 0.6 is 15.9 Å². The number of methoxy groups -OCH3 is 1. The maximum absolute atomic E-state index is 5.86. The Kier molecular flexibility index (Phi) is 5.63. The van der Waals surface area contributed by atoms with Crippen molar-refractivity contribution in [2.75, 3.05) is 26.8 Å². The number of hydrogen-bond donors (Lipinski definition) is 2. The summed E-state index contributed by atoms with van der Waals surface area (Å²) in [7, 11) is 1.66. The number of nitrogens with two attached hydrogens (primary N) is 1. The number of benzene rings is 1. The van der Waals surface area contributed by atoms with Crippen LogP contribution in [-0.2, 0) is 4.74 Å². The fourth-order valence-electron chi connectivity index (χ4n) is 2.32. The second-order valence-electron chi connectivity index (χ2n) is 4.73. The normalized spacial score (nSPS) is 20.5. The van der Waals surface area contributed by atoms with Crippen molar-refractivity contribution in [2.24, 2.45) is 5.73 Å². The van der Waals surface area contributed by atoms with Gasteiger partial charge in [0, 0.05) is 25.7 Å². The van der Waals surface area contributed by atoms with E-state index in [-0.39, 0.29) is 6.04 Å². The predicted molar refractivity (Wildman–Crippen MR) is 79.5 cm³/mol. The van der Waals surface area contributed by atoms with E-state index in [9.17, 15) is 0 Å². The molecular weight excluding hydrogens is 308 g/mol. The van der Waals surface area contributed by atoms with Crippen LogP contribution in [0.15, 0.2) is 22.7 Å². The second-order valence-corrected chi connectivity index (χ2v) is 5.58. The largest absolute Gasteiger partial charge is 0.496 e. The van der Waals surface area contributed by atoms with Gasteiger partial charge in [-0.1, -0.05) is 6.07 Å². The van der Waals surface area contributed by atoms with E-state index in [0.29, 0.717) is 12.6 Å². The van der Waals surface area contributed by atoms with Crippen LogP contribution in [0.25, 0.3) is 0 Å². The lowest BCUT2D eigenvalue weighted by Gasteiger charge is -2.20. The Bertz CT molecular complexity index is 408. The number of nitrogens with one attached hydrogen (secondary N) is 1. The summed E-state index contributed by atoms with van der Waals surface area (Å²) in [5.41, 5.74) is 7.02. The first-order valence-corrected chi connectivity index (χ1v) is 7.42. The van der Waals surface area contributed by atoms with E-state index in [1.54, 1.807) is 7.11 Å². The fraction of sp³-hybridized carbons (Fsp3) is 0.571. The third-order valence-electron chi connectivity index (χ3n) is 3.43. The lowest BCUT2D eigenvalue weighted by molar-refractivity contribution is 0.107. The highest BCUT2D eigenvalue weighted by atomic mass is 79.9. The summed E-state index contributed by atoms with van der Waals surface area (Å²) in [6.07, 6.45) is 2.63. The van der Waals surface area contributed by atoms with E-state index in [1.165, 1.54) is 0 Å². The highest BCUT2D eigenvalue weighted by molar-refractivity contribution is 9.10. The lowest BCUT2D eigenvalue weighted by Crippen LogP contribution is -2.34. The van der Waals surface area contributed by atoms with Crippen molar-refractivity contribution in [2.45, 2.75) is 25.0 Å². The fourth-order valence-corrected chi connectivity index (χ4v) is 2.87. The Balaban J connectivity index is 1.97. The average Bonchev–Trinajstić information content (AvgIpc) is 2.93. The molecule has 1 heterocycles. The minimum atomic E-state index is 0.145. The maximum atomic E-state index is 5.86. The Hall–Kier alpha value is -0.620. The monoisotopic (exact) mass is 328 g/mol. The van der Waals surface area contributed by atoms with Gasteiger partial charge in [-0.2, -0.15) is 0 Å². The van der Waals surface area contributed by atoms with E-state index < -0.39 is 0 Å². The van der Waals surface area contributed by atoms with Crippen LogP contribution < -0.4 is 15.8 Å². The first-order chi connectivity index (χ1) is 9.24. The van der Waals surface area contributed by atoms with E-state index in [0.717, 1.165) is 41.8 Å². The summed E-state index contributed by atoms with van der Waals surface area (Å²) in [4.78, 5) is 0. The van der Waals surface area contributed by atoms with Crippen LogP contribution in [0.1, 0.15) is 24.4 Å². The summed E-state index contributed by atoms with van der Waals surface area (Å²) < 4.78 is 11.8. The third kappa shape index (κ3) is 3.92. The summed E-state index contributed by atoms with van der Waals surface area (Å²) in [5, 5.41) is 3.48. The summed E-state index contributed by atoms with van der Waals surface area (Å²) in [6.45, 7) is 2.30. The molecule has 1 aromatic carbocycles. The Morgan fingerprint density at radius 2 is 2.42 bits per heavy atom. The lowest BCUT2D eigenvalue weighted by atomic mass is 10.1. The van der Waals surface area contributed by atoms with Crippen LogP contribution in [0.2, 0.25) is 0 Å². The standard InChI is InChI=1S/C14H21BrN2O2/c1-18-14-5-4-10(7-12(14)15)13(8-16)17-9-11-3-2-6-19-11/h4-5,7,11,13,17H,2-3,6,8-9,16H2,1H3. The average molecular weight is 329 g/mol. The third-order valence-corrected chi connectivity index (χ3v) is 4.05. The Morgan fingerprint density at radius 3 is 3.00 bits per heavy atom. The highest BCUT2D eigenvalue weighted by Gasteiger charge is 2.18. The molecule has 0 spiro atoms. The molecule has 1 aliphatic heterocycles. The van der Waals surface area contributed by atoms with Crippen LogP contribution in [-0.4, -0.2) is 32.9 Å². The van der Waals surface area contributed by atoms with Crippen molar-refractivity contribution in [1.82, 2.24) is 5.32 Å². The molecule has 1 saturated heterocycles. The van der Waals surface area contributed by atoms with Crippen molar-refractivity contribution < 1.29 is 9.47 Å². The van der Waals surface area contributed by atoms with Gasteiger partial charge in [-0.05, 0) is 46.5 Å². The maximum Gasteiger partial charge on any atom is 0.133 e. The summed E-state index contributed by atoms with van der Waals surface area (Å²) in [6, 6.07) is 6.20. The van der Waals surface area contributed by atoms with Gasteiger partial charge in [0.05, 0.1) is 17.7 Å². The minimum Gasteiger partial charge on any atom is -0.496 e. The number of ether oxygens (including phenoxy) is 2. The SMILES string of the molecule is COc1ccc(C(CN)NCC2CCCO2)cc1Br. The minimum absolute atomic E-state index is 0.145. The van der Waals surface area contributed by atoms with Crippen molar-refractivity contribution in [1.29, 1.82) is 0 Å². The molecule has 5 heteroatoms. The molecule has 2 rings (SSSR count). The molecule has 19 heavy (non-hydrogen) atoms. The second kappa shape index (κ2) is 7.24. The van der Waals surface area contributed by atoms with Gasteiger partial charge < -0.3 is 20.5 Å². The molecule has 2 atom stereocenters. The molecule has 1 fully saturated rings. The number of rotatable bonds is 6. The summed E-state index contributed by atoms with van der Waals surface area (Å²) >= 11 is 3.50. The Labute approximate surface area is 122 Å². The van der Waals surface area contributed by atoms with Crippen molar-refractivity contribution >= 4 is 15.9 Å². The van der Waals surface area contributed by atoms with Gasteiger partial charge in [-0.15, -0.1) is 0 Å². The van der Waals surface area contributed by atoms with E-state index in [2.05, 4.69) is 27.3 Å². The van der Waals surface area contributed by atoms with Gasteiger partial charge in [-0.3, -0.25) is 0 Å². The molecule has 0 amide bonds. The predicted octanol–water partition coefficient (Wildman–Crippen LogP) is 2.23. The molecular formula is C14H21BrN2O2. The van der Waals surface area contributed by atoms with Crippen LogP contribution in [0.3, 0.4) is 0 Å². The van der Waals surface area contributed by atoms with Gasteiger partial charge in [0.1, 0.15) is 5.75 Å². The first-order valence-electron chi connectivity index (χ1n) is 6.63. The molecule has 2 unspecified atom stereocenters. The molecule has 3 N–H and O–H groups in total. The van der Waals surface area contributed by atoms with Gasteiger partial charge in [-0.25, -0.2) is 0 Å². The molecule has 0 aliphatic carbocycles. The van der Waals surface area contributed by atoms with Crippen molar-refractivity contribution in [3.63, 3.8) is 0 Å². The van der Waals surface area contributed by atoms with E-state index in [1.807, 2.05) is 12.1 Å². The zero-order chi connectivity index (χ0) is 13.7. The number of halogens is 1. The van der Waals surface area contributed by atoms with Gasteiger partial charge >= 0.3 is 0 Å². The quantitative estimate of drug-likeness (QED) is 0.840. The van der Waals surface area contributed by atoms with Crippen LogP contribution in [0.4, 0.5) is 0 Å². The molecule has 0 radical (unpaired) electrons. The van der Waals surface area contributed by atoms with Crippen molar-refractivity contribution in [3.8, 4) is 5.75 Å². The number of hydrogen-bond acceptors (Lipinski definition) is 4. The molecule has 0 aromatic heterocycles. The van der Waals surface area contributed by atoms with E-state index >= 15 is 0 Å². The first kappa shape index (κ1) is 14.8. The van der Waals surface area contributed by atoms with Gasteiger partial charge in [0.15, 0.2) is 0 Å². The molecule has 1 aromatic rings. The molecule has 0 bridgehead atoms. The van der Waals surface area contributed by atoms with E-state index in [4.69, 9.17) is 15.2 Å². The smallest absolute Gasteiger partial charge is 0.133 e. The zero-order valence-electron chi connectivity index (χ0n) is 11.2. The molecule has 0 saturated carbocycles. The van der Waals surface area contributed by atoms with Gasteiger partial charge in [0.25, 0.3) is 0 Å².